The van der Waals surface area contributed by atoms with Crippen molar-refractivity contribution in [1.82, 2.24) is 0 Å². The lowest BCUT2D eigenvalue weighted by Crippen LogP contribution is -2.29. The molecule has 1 aromatic rings. The first kappa shape index (κ1) is 11.4. The van der Waals surface area contributed by atoms with Crippen LogP contribution in [0.2, 0.25) is 0 Å². The van der Waals surface area contributed by atoms with Gasteiger partial charge < -0.3 is 0 Å². The number of aldehydes is 1. The van der Waals surface area contributed by atoms with Gasteiger partial charge in [-0.3, -0.25) is 4.79 Å². The number of benzene rings is 1. The Bertz CT molecular complexity index is 471. The number of thioether (sulfide) groups is 1. The minimum absolute atomic E-state index is 0.0430. The number of hydrogen-bond acceptors (Lipinski definition) is 2. The number of carbonyl (C=O) groups is 1. The highest BCUT2D eigenvalue weighted by Crippen LogP contribution is 2.61. The van der Waals surface area contributed by atoms with Gasteiger partial charge in [0.15, 0.2) is 6.29 Å². The van der Waals surface area contributed by atoms with Gasteiger partial charge in [-0.15, -0.1) is 0 Å². The van der Waals surface area contributed by atoms with Crippen molar-refractivity contribution >= 4 is 18.0 Å². The van der Waals surface area contributed by atoms with E-state index in [0.717, 1.165) is 0 Å². The van der Waals surface area contributed by atoms with E-state index in [0.29, 0.717) is 12.1 Å². The quantitative estimate of drug-likeness (QED) is 0.564. The van der Waals surface area contributed by atoms with Gasteiger partial charge in [0.1, 0.15) is 5.82 Å². The van der Waals surface area contributed by atoms with E-state index in [-0.39, 0.29) is 6.29 Å². The van der Waals surface area contributed by atoms with Gasteiger partial charge in [-0.2, -0.15) is 17.6 Å². The predicted molar refractivity (Wildman–Crippen MR) is 46.5 cm³/mol. The summed E-state index contributed by atoms with van der Waals surface area (Å²) < 4.78 is 65.2. The maximum absolute atomic E-state index is 13.2. The molecule has 86 valence electrons. The van der Waals surface area contributed by atoms with E-state index in [1.165, 1.54) is 0 Å². The van der Waals surface area contributed by atoms with Crippen molar-refractivity contribution in [3.05, 3.63) is 29.1 Å². The van der Waals surface area contributed by atoms with Gasteiger partial charge in [-0.25, -0.2) is 4.39 Å². The second-order valence-corrected chi connectivity index (χ2v) is 4.27. The van der Waals surface area contributed by atoms with Crippen LogP contribution in [0.25, 0.3) is 0 Å². The van der Waals surface area contributed by atoms with E-state index in [2.05, 4.69) is 0 Å². The lowest BCUT2D eigenvalue weighted by Gasteiger charge is -2.17. The topological polar surface area (TPSA) is 17.1 Å². The van der Waals surface area contributed by atoms with Gasteiger partial charge in [0.05, 0.1) is 5.56 Å². The maximum Gasteiger partial charge on any atom is 0.364 e. The Morgan fingerprint density at radius 2 is 1.81 bits per heavy atom. The van der Waals surface area contributed by atoms with E-state index in [4.69, 9.17) is 0 Å². The van der Waals surface area contributed by atoms with E-state index in [1.807, 2.05) is 0 Å². The number of alkyl halides is 4. The lowest BCUT2D eigenvalue weighted by atomic mass is 10.1. The van der Waals surface area contributed by atoms with Gasteiger partial charge in [-0.1, -0.05) is 0 Å². The average Bonchev–Trinajstić information content (AvgIpc) is 2.33. The molecule has 0 saturated carbocycles. The predicted octanol–water partition coefficient (Wildman–Crippen LogP) is 3.43. The lowest BCUT2D eigenvalue weighted by molar-refractivity contribution is -0.154. The number of carbonyl (C=O) groups excluding carboxylic acids is 1. The third-order valence-corrected chi connectivity index (χ3v) is 3.35. The molecule has 0 spiro atoms. The smallest absolute Gasteiger partial charge is 0.298 e. The van der Waals surface area contributed by atoms with Gasteiger partial charge in [0, 0.05) is 10.5 Å². The van der Waals surface area contributed by atoms with Gasteiger partial charge in [-0.05, 0) is 23.9 Å². The van der Waals surface area contributed by atoms with Crippen molar-refractivity contribution in [2.75, 3.05) is 0 Å². The summed E-state index contributed by atoms with van der Waals surface area (Å²) in [4.78, 5) is 9.78. The second kappa shape index (κ2) is 3.19. The molecule has 0 radical (unpaired) electrons. The molecule has 7 heteroatoms. The van der Waals surface area contributed by atoms with Crippen LogP contribution in [0.1, 0.15) is 15.9 Å². The highest BCUT2D eigenvalue weighted by atomic mass is 32.2. The number of fused-ring (bicyclic) bond motifs is 1. The summed E-state index contributed by atoms with van der Waals surface area (Å²) in [6.45, 7) is 0. The Morgan fingerprint density at radius 3 is 2.38 bits per heavy atom. The molecule has 2 rings (SSSR count). The monoisotopic (exact) mass is 254 g/mol. The fourth-order valence-electron chi connectivity index (χ4n) is 1.39. The van der Waals surface area contributed by atoms with Crippen LogP contribution in [-0.4, -0.2) is 11.5 Å². The van der Waals surface area contributed by atoms with Crippen LogP contribution in [0, 0.1) is 5.82 Å². The van der Waals surface area contributed by atoms with E-state index >= 15 is 0 Å². The van der Waals surface area contributed by atoms with Gasteiger partial charge in [0.25, 0.3) is 0 Å². The molecule has 1 aliphatic rings. The summed E-state index contributed by atoms with van der Waals surface area (Å²) >= 11 is -0.489. The molecule has 1 aromatic carbocycles. The molecular weight excluding hydrogens is 251 g/mol. The van der Waals surface area contributed by atoms with Crippen LogP contribution in [0.15, 0.2) is 17.0 Å². The zero-order valence-electron chi connectivity index (χ0n) is 7.44. The maximum atomic E-state index is 13.2. The molecule has 0 atom stereocenters. The van der Waals surface area contributed by atoms with Crippen LogP contribution >= 0.6 is 11.8 Å². The zero-order chi connectivity index (χ0) is 12.1. The van der Waals surface area contributed by atoms with Crippen molar-refractivity contribution in [2.45, 2.75) is 16.1 Å². The summed E-state index contributed by atoms with van der Waals surface area (Å²) in [5.74, 6) is -5.48. The van der Waals surface area contributed by atoms with Gasteiger partial charge >= 0.3 is 11.2 Å². The third-order valence-electron chi connectivity index (χ3n) is 2.19. The molecule has 0 unspecified atom stereocenters. The Morgan fingerprint density at radius 1 is 1.19 bits per heavy atom. The van der Waals surface area contributed by atoms with Crippen molar-refractivity contribution in [1.29, 1.82) is 0 Å². The van der Waals surface area contributed by atoms with Gasteiger partial charge in [0.2, 0.25) is 0 Å². The largest absolute Gasteiger partial charge is 0.364 e. The summed E-state index contributed by atoms with van der Waals surface area (Å²) in [5.41, 5.74) is -1.76. The van der Waals surface area contributed by atoms with Crippen molar-refractivity contribution in [2.24, 2.45) is 0 Å². The first-order chi connectivity index (χ1) is 7.31. The Balaban J connectivity index is 2.72. The molecule has 1 heterocycles. The highest BCUT2D eigenvalue weighted by Gasteiger charge is 2.64. The fraction of sp³-hybridized carbons (Fsp3) is 0.222. The van der Waals surface area contributed by atoms with Crippen LogP contribution < -0.4 is 0 Å². The number of rotatable bonds is 1. The Kier molecular flexibility index (Phi) is 2.27. The third kappa shape index (κ3) is 1.27. The zero-order valence-corrected chi connectivity index (χ0v) is 8.25. The molecule has 0 saturated heterocycles. The average molecular weight is 254 g/mol. The van der Waals surface area contributed by atoms with Crippen LogP contribution in [-0.2, 0) is 5.92 Å². The Hall–Kier alpha value is -1.11. The molecular formula is C9H3F5OS. The van der Waals surface area contributed by atoms with E-state index in [1.54, 1.807) is 0 Å². The normalized spacial score (nSPS) is 20.6. The molecule has 1 aliphatic heterocycles. The molecule has 0 fully saturated rings. The first-order valence-corrected chi connectivity index (χ1v) is 4.85. The van der Waals surface area contributed by atoms with Crippen molar-refractivity contribution in [3.8, 4) is 0 Å². The minimum atomic E-state index is -4.39. The Labute approximate surface area is 90.6 Å². The summed E-state index contributed by atoms with van der Waals surface area (Å²) in [5, 5.41) is -4.36. The van der Waals surface area contributed by atoms with Crippen LogP contribution in [0.5, 0.6) is 0 Å². The number of hydrogen-bond donors (Lipinski definition) is 0. The van der Waals surface area contributed by atoms with Crippen LogP contribution in [0.4, 0.5) is 22.0 Å². The SMILES string of the molecule is O=Cc1c(F)ccc2c1SC(F)(F)C2(F)F. The minimum Gasteiger partial charge on any atom is -0.298 e. The van der Waals surface area contributed by atoms with Crippen molar-refractivity contribution in [3.63, 3.8) is 0 Å². The van der Waals surface area contributed by atoms with Crippen LogP contribution in [0.3, 0.4) is 0 Å². The molecule has 0 aromatic heterocycles. The molecule has 16 heavy (non-hydrogen) atoms. The molecule has 0 amide bonds. The molecule has 0 N–H and O–H groups in total. The summed E-state index contributed by atoms with van der Waals surface area (Å²) in [7, 11) is 0. The summed E-state index contributed by atoms with van der Waals surface area (Å²) in [6, 6.07) is 1.16. The van der Waals surface area contributed by atoms with Crippen molar-refractivity contribution < 1.29 is 26.7 Å². The fourth-order valence-corrected chi connectivity index (χ4v) is 2.45. The first-order valence-electron chi connectivity index (χ1n) is 4.04. The van der Waals surface area contributed by atoms with E-state index < -0.39 is 44.8 Å². The standard InChI is InChI=1S/C9H3F5OS/c10-6-2-1-5-7(4(6)3-15)16-9(13,14)8(5,11)12/h1-3H. The molecule has 0 aliphatic carbocycles. The summed E-state index contributed by atoms with van der Waals surface area (Å²) in [6.07, 6.45) is -0.0430. The molecule has 1 nitrogen and oxygen atoms in total. The molecule has 0 bridgehead atoms. The van der Waals surface area contributed by atoms with E-state index in [9.17, 15) is 26.7 Å². The number of halogens is 5. The second-order valence-electron chi connectivity index (χ2n) is 3.15. The highest BCUT2D eigenvalue weighted by molar-refractivity contribution is 8.00.